The number of rotatable bonds is 3. The van der Waals surface area contributed by atoms with Gasteiger partial charge in [0.1, 0.15) is 6.04 Å². The Labute approximate surface area is 76.7 Å². The summed E-state index contributed by atoms with van der Waals surface area (Å²) in [5.74, 6) is -0.533. The van der Waals surface area contributed by atoms with E-state index in [0.29, 0.717) is 12.1 Å². The minimum atomic E-state index is -0.744. The number of amides is 1. The molecule has 1 rings (SSSR count). The maximum absolute atomic E-state index is 10.8. The quantitative estimate of drug-likeness (QED) is 0.590. The third kappa shape index (κ3) is 2.27. The molecule has 1 aromatic carbocycles. The maximum atomic E-state index is 10.8. The first-order chi connectivity index (χ1) is 6.15. The fourth-order valence-electron chi connectivity index (χ4n) is 1.08. The summed E-state index contributed by atoms with van der Waals surface area (Å²) in [5, 5.41) is 0. The molecule has 0 aliphatic carbocycles. The van der Waals surface area contributed by atoms with Crippen LogP contribution in [0.1, 0.15) is 17.2 Å². The van der Waals surface area contributed by atoms with Gasteiger partial charge in [-0.2, -0.15) is 0 Å². The van der Waals surface area contributed by atoms with Crippen LogP contribution < -0.4 is 17.2 Å². The molecular weight excluding hydrogens is 166 g/mol. The van der Waals surface area contributed by atoms with Crippen molar-refractivity contribution in [2.75, 3.05) is 0 Å². The summed E-state index contributed by atoms with van der Waals surface area (Å²) in [4.78, 5) is 10.8. The van der Waals surface area contributed by atoms with E-state index in [-0.39, 0.29) is 0 Å². The van der Waals surface area contributed by atoms with Gasteiger partial charge >= 0.3 is 0 Å². The lowest BCUT2D eigenvalue weighted by molar-refractivity contribution is -0.119. The zero-order valence-electron chi connectivity index (χ0n) is 7.23. The first kappa shape index (κ1) is 9.70. The Morgan fingerprint density at radius 3 is 2.69 bits per heavy atom. The SMILES string of the molecule is NCc1cccc(C(N)C(N)=O)c1. The van der Waals surface area contributed by atoms with Crippen molar-refractivity contribution < 1.29 is 4.79 Å². The van der Waals surface area contributed by atoms with Crippen LogP contribution in [0.3, 0.4) is 0 Å². The second kappa shape index (κ2) is 4.02. The van der Waals surface area contributed by atoms with Gasteiger partial charge in [0.15, 0.2) is 0 Å². The Morgan fingerprint density at radius 2 is 2.15 bits per heavy atom. The van der Waals surface area contributed by atoms with Gasteiger partial charge in [-0.1, -0.05) is 24.3 Å². The van der Waals surface area contributed by atoms with E-state index in [9.17, 15) is 4.79 Å². The van der Waals surface area contributed by atoms with E-state index in [1.165, 1.54) is 0 Å². The smallest absolute Gasteiger partial charge is 0.238 e. The van der Waals surface area contributed by atoms with Crippen molar-refractivity contribution in [2.24, 2.45) is 17.2 Å². The average molecular weight is 179 g/mol. The molecule has 0 aliphatic rings. The monoisotopic (exact) mass is 179 g/mol. The molecule has 0 radical (unpaired) electrons. The molecule has 0 heterocycles. The van der Waals surface area contributed by atoms with Crippen molar-refractivity contribution in [3.05, 3.63) is 35.4 Å². The largest absolute Gasteiger partial charge is 0.368 e. The molecule has 0 spiro atoms. The molecule has 6 N–H and O–H groups in total. The van der Waals surface area contributed by atoms with Crippen LogP contribution in [0.5, 0.6) is 0 Å². The first-order valence-corrected chi connectivity index (χ1v) is 3.99. The van der Waals surface area contributed by atoms with Gasteiger partial charge in [-0.15, -0.1) is 0 Å². The lowest BCUT2D eigenvalue weighted by Crippen LogP contribution is -2.28. The molecule has 0 saturated carbocycles. The van der Waals surface area contributed by atoms with Crippen LogP contribution in [0.15, 0.2) is 24.3 Å². The van der Waals surface area contributed by atoms with Gasteiger partial charge in [0.2, 0.25) is 5.91 Å². The summed E-state index contributed by atoms with van der Waals surface area (Å²) in [7, 11) is 0. The molecule has 0 bridgehead atoms. The molecule has 0 aliphatic heterocycles. The van der Waals surface area contributed by atoms with Gasteiger partial charge in [-0.05, 0) is 11.1 Å². The Bertz CT molecular complexity index is 311. The normalized spacial score (nSPS) is 12.5. The first-order valence-electron chi connectivity index (χ1n) is 3.99. The highest BCUT2D eigenvalue weighted by Crippen LogP contribution is 2.11. The summed E-state index contributed by atoms with van der Waals surface area (Å²) in [5.41, 5.74) is 17.7. The summed E-state index contributed by atoms with van der Waals surface area (Å²) in [6, 6.07) is 6.48. The van der Waals surface area contributed by atoms with Crippen molar-refractivity contribution in [2.45, 2.75) is 12.6 Å². The lowest BCUT2D eigenvalue weighted by atomic mass is 10.0. The highest BCUT2D eigenvalue weighted by Gasteiger charge is 2.11. The maximum Gasteiger partial charge on any atom is 0.238 e. The van der Waals surface area contributed by atoms with Crippen LogP contribution in [0, 0.1) is 0 Å². The van der Waals surface area contributed by atoms with Crippen molar-refractivity contribution in [3.63, 3.8) is 0 Å². The van der Waals surface area contributed by atoms with Gasteiger partial charge in [0, 0.05) is 6.54 Å². The van der Waals surface area contributed by atoms with E-state index >= 15 is 0 Å². The number of carbonyl (C=O) groups is 1. The number of nitrogens with two attached hydrogens (primary N) is 3. The second-order valence-electron chi connectivity index (χ2n) is 2.83. The highest BCUT2D eigenvalue weighted by molar-refractivity contribution is 5.81. The number of benzene rings is 1. The van der Waals surface area contributed by atoms with Crippen LogP contribution in [0.4, 0.5) is 0 Å². The molecule has 0 aromatic heterocycles. The molecule has 13 heavy (non-hydrogen) atoms. The predicted octanol–water partition coefficient (Wildman–Crippen LogP) is -0.370. The zero-order valence-corrected chi connectivity index (χ0v) is 7.23. The fraction of sp³-hybridized carbons (Fsp3) is 0.222. The van der Waals surface area contributed by atoms with Crippen molar-refractivity contribution >= 4 is 5.91 Å². The molecule has 70 valence electrons. The predicted molar refractivity (Wildman–Crippen MR) is 50.5 cm³/mol. The van der Waals surface area contributed by atoms with Crippen molar-refractivity contribution in [1.29, 1.82) is 0 Å². The van der Waals surface area contributed by atoms with E-state index in [4.69, 9.17) is 17.2 Å². The zero-order chi connectivity index (χ0) is 9.84. The molecule has 1 atom stereocenters. The third-order valence-electron chi connectivity index (χ3n) is 1.85. The van der Waals surface area contributed by atoms with Gasteiger partial charge in [-0.25, -0.2) is 0 Å². The van der Waals surface area contributed by atoms with Gasteiger partial charge < -0.3 is 17.2 Å². The summed E-state index contributed by atoms with van der Waals surface area (Å²) in [6.45, 7) is 0.430. The summed E-state index contributed by atoms with van der Waals surface area (Å²) < 4.78 is 0. The van der Waals surface area contributed by atoms with Gasteiger partial charge in [-0.3, -0.25) is 4.79 Å². The van der Waals surface area contributed by atoms with Crippen LogP contribution >= 0.6 is 0 Å². The van der Waals surface area contributed by atoms with Crippen LogP contribution in [0.25, 0.3) is 0 Å². The molecule has 4 nitrogen and oxygen atoms in total. The minimum absolute atomic E-state index is 0.430. The van der Waals surface area contributed by atoms with Crippen LogP contribution in [-0.2, 0) is 11.3 Å². The minimum Gasteiger partial charge on any atom is -0.368 e. The van der Waals surface area contributed by atoms with E-state index in [1.54, 1.807) is 18.2 Å². The molecule has 1 aromatic rings. The molecule has 0 saturated heterocycles. The molecule has 1 unspecified atom stereocenters. The van der Waals surface area contributed by atoms with Crippen molar-refractivity contribution in [1.82, 2.24) is 0 Å². The Balaban J connectivity index is 2.94. The lowest BCUT2D eigenvalue weighted by Gasteiger charge is -2.08. The van der Waals surface area contributed by atoms with E-state index in [0.717, 1.165) is 5.56 Å². The number of hydrogen-bond acceptors (Lipinski definition) is 3. The molecular formula is C9H13N3O. The topological polar surface area (TPSA) is 95.1 Å². The Kier molecular flexibility index (Phi) is 3.00. The number of primary amides is 1. The third-order valence-corrected chi connectivity index (χ3v) is 1.85. The van der Waals surface area contributed by atoms with Crippen LogP contribution in [0.2, 0.25) is 0 Å². The van der Waals surface area contributed by atoms with Crippen molar-refractivity contribution in [3.8, 4) is 0 Å². The van der Waals surface area contributed by atoms with E-state index in [2.05, 4.69) is 0 Å². The fourth-order valence-corrected chi connectivity index (χ4v) is 1.08. The second-order valence-corrected chi connectivity index (χ2v) is 2.83. The van der Waals surface area contributed by atoms with Gasteiger partial charge in [0.25, 0.3) is 0 Å². The van der Waals surface area contributed by atoms with E-state index < -0.39 is 11.9 Å². The Morgan fingerprint density at radius 1 is 1.46 bits per heavy atom. The standard InChI is InChI=1S/C9H13N3O/c10-5-6-2-1-3-7(4-6)8(11)9(12)13/h1-4,8H,5,10-11H2,(H2,12,13). The number of carbonyl (C=O) groups excluding carboxylic acids is 1. The van der Waals surface area contributed by atoms with E-state index in [1.807, 2.05) is 6.07 Å². The summed E-state index contributed by atoms with van der Waals surface area (Å²) >= 11 is 0. The average Bonchev–Trinajstić information content (AvgIpc) is 2.16. The molecule has 1 amide bonds. The molecule has 4 heteroatoms. The van der Waals surface area contributed by atoms with Crippen LogP contribution in [-0.4, -0.2) is 5.91 Å². The van der Waals surface area contributed by atoms with Gasteiger partial charge in [0.05, 0.1) is 0 Å². The Hall–Kier alpha value is -1.39. The number of hydrogen-bond donors (Lipinski definition) is 3. The molecule has 0 fully saturated rings. The highest BCUT2D eigenvalue weighted by atomic mass is 16.1. The summed E-state index contributed by atoms with van der Waals surface area (Å²) in [6.07, 6.45) is 0.